The second kappa shape index (κ2) is 7.95. The van der Waals surface area contributed by atoms with E-state index in [0.29, 0.717) is 10.6 Å². The summed E-state index contributed by atoms with van der Waals surface area (Å²) in [5.41, 5.74) is 5.58. The van der Waals surface area contributed by atoms with Crippen molar-refractivity contribution in [1.82, 2.24) is 10.2 Å². The molecule has 22 heavy (non-hydrogen) atoms. The van der Waals surface area contributed by atoms with Crippen LogP contribution in [0.15, 0.2) is 20.1 Å². The number of aromatic nitrogens is 2. The minimum absolute atomic E-state index is 0.199. The highest BCUT2D eigenvalue weighted by Crippen LogP contribution is 2.32. The summed E-state index contributed by atoms with van der Waals surface area (Å²) in [4.78, 5) is 23.4. The highest BCUT2D eigenvalue weighted by Gasteiger charge is 2.20. The number of carbonyl (C=O) groups is 2. The first-order valence-corrected chi connectivity index (χ1v) is 9.88. The number of carbonyl (C=O) groups excluding carboxylic acids is 2. The molecule has 0 aliphatic heterocycles. The lowest BCUT2D eigenvalue weighted by Crippen LogP contribution is -2.23. The van der Waals surface area contributed by atoms with Gasteiger partial charge >= 0.3 is 0 Å². The molecule has 2 aromatic heterocycles. The van der Waals surface area contributed by atoms with Crippen molar-refractivity contribution in [3.63, 3.8) is 0 Å². The molecule has 0 saturated heterocycles. The summed E-state index contributed by atoms with van der Waals surface area (Å²) in [5, 5.41) is 12.7. The number of hydrogen-bond donors (Lipinski definition) is 2. The predicted molar refractivity (Wildman–Crippen MR) is 93.1 cm³/mol. The van der Waals surface area contributed by atoms with Crippen molar-refractivity contribution in [2.75, 3.05) is 11.1 Å². The van der Waals surface area contributed by atoms with Gasteiger partial charge in [-0.1, -0.05) is 41.8 Å². The third kappa shape index (κ3) is 4.45. The Morgan fingerprint density at radius 3 is 2.82 bits per heavy atom. The molecule has 0 aliphatic rings. The highest BCUT2D eigenvalue weighted by atomic mass is 32.2. The number of thioether (sulfide) groups is 2. The Kier molecular flexibility index (Phi) is 6.24. The largest absolute Gasteiger partial charge is 0.366 e. The van der Waals surface area contributed by atoms with Gasteiger partial charge in [-0.25, -0.2) is 0 Å². The van der Waals surface area contributed by atoms with Gasteiger partial charge in [-0.3, -0.25) is 9.59 Å². The molecule has 2 amide bonds. The van der Waals surface area contributed by atoms with E-state index in [1.54, 1.807) is 30.1 Å². The van der Waals surface area contributed by atoms with Crippen LogP contribution in [0, 0.1) is 0 Å². The van der Waals surface area contributed by atoms with Crippen LogP contribution in [0.2, 0.25) is 0 Å². The Morgan fingerprint density at radius 1 is 1.41 bits per heavy atom. The van der Waals surface area contributed by atoms with Gasteiger partial charge in [0.15, 0.2) is 8.68 Å². The smallest absolute Gasteiger partial charge is 0.251 e. The number of nitrogens with two attached hydrogens (primary N) is 1. The molecule has 0 unspecified atom stereocenters. The van der Waals surface area contributed by atoms with E-state index < -0.39 is 5.91 Å². The molecule has 118 valence electrons. The number of primary amides is 1. The van der Waals surface area contributed by atoms with Crippen LogP contribution < -0.4 is 11.1 Å². The predicted octanol–water partition coefficient (Wildman–Crippen LogP) is 2.93. The standard InChI is InChI=1S/C12H14N4O2S4/c1-3-19-11-15-16-12(22-11)21-6(2)9(18)14-10-7(8(13)17)4-5-20-10/h4-6H,3H2,1-2H3,(H2,13,17)(H,14,18)/t6-/m1/s1. The molecule has 6 nitrogen and oxygen atoms in total. The highest BCUT2D eigenvalue weighted by molar-refractivity contribution is 8.03. The fraction of sp³-hybridized carbons (Fsp3) is 0.333. The SMILES string of the molecule is CCSc1nnc(S[C@H](C)C(=O)Nc2sccc2C(N)=O)s1. The third-order valence-corrected chi connectivity index (χ3v) is 6.42. The van der Waals surface area contributed by atoms with Crippen LogP contribution in [-0.4, -0.2) is 33.0 Å². The van der Waals surface area contributed by atoms with E-state index in [1.807, 2.05) is 6.92 Å². The fourth-order valence-corrected chi connectivity index (χ4v) is 5.30. The van der Waals surface area contributed by atoms with Gasteiger partial charge in [0, 0.05) is 0 Å². The Bertz CT molecular complexity index is 670. The minimum Gasteiger partial charge on any atom is -0.366 e. The van der Waals surface area contributed by atoms with E-state index in [0.717, 1.165) is 14.4 Å². The van der Waals surface area contributed by atoms with Gasteiger partial charge in [0.25, 0.3) is 5.91 Å². The maximum absolute atomic E-state index is 12.2. The number of hydrogen-bond acceptors (Lipinski definition) is 8. The number of amides is 2. The number of anilines is 1. The Hall–Kier alpha value is -1.10. The molecule has 0 radical (unpaired) electrons. The lowest BCUT2D eigenvalue weighted by Gasteiger charge is -2.09. The summed E-state index contributed by atoms with van der Waals surface area (Å²) in [7, 11) is 0. The zero-order valence-electron chi connectivity index (χ0n) is 11.9. The van der Waals surface area contributed by atoms with E-state index in [1.165, 1.54) is 34.4 Å². The summed E-state index contributed by atoms with van der Waals surface area (Å²) in [6, 6.07) is 1.60. The first kappa shape index (κ1) is 17.3. The summed E-state index contributed by atoms with van der Waals surface area (Å²) in [5.74, 6) is 0.181. The van der Waals surface area contributed by atoms with E-state index >= 15 is 0 Å². The second-order valence-corrected chi connectivity index (χ2v) is 9.04. The first-order chi connectivity index (χ1) is 10.5. The van der Waals surface area contributed by atoms with Crippen LogP contribution in [0.3, 0.4) is 0 Å². The normalized spacial score (nSPS) is 12.1. The quantitative estimate of drug-likeness (QED) is 0.723. The summed E-state index contributed by atoms with van der Waals surface area (Å²) in [6.45, 7) is 3.83. The van der Waals surface area contributed by atoms with Crippen molar-refractivity contribution in [3.05, 3.63) is 17.0 Å². The molecule has 0 fully saturated rings. The van der Waals surface area contributed by atoms with E-state index in [9.17, 15) is 9.59 Å². The topological polar surface area (TPSA) is 98.0 Å². The maximum atomic E-state index is 12.2. The Balaban J connectivity index is 1.96. The third-order valence-electron chi connectivity index (χ3n) is 2.47. The monoisotopic (exact) mass is 374 g/mol. The van der Waals surface area contributed by atoms with Crippen LogP contribution in [0.1, 0.15) is 24.2 Å². The fourth-order valence-electron chi connectivity index (χ4n) is 1.44. The molecule has 0 bridgehead atoms. The maximum Gasteiger partial charge on any atom is 0.251 e. The number of nitrogens with one attached hydrogen (secondary N) is 1. The van der Waals surface area contributed by atoms with Crippen LogP contribution in [0.4, 0.5) is 5.00 Å². The molecule has 0 spiro atoms. The zero-order valence-corrected chi connectivity index (χ0v) is 15.1. The van der Waals surface area contributed by atoms with Crippen molar-refractivity contribution in [1.29, 1.82) is 0 Å². The average molecular weight is 375 g/mol. The number of nitrogens with zero attached hydrogens (tertiary/aromatic N) is 2. The molecular weight excluding hydrogens is 360 g/mol. The van der Waals surface area contributed by atoms with E-state index in [2.05, 4.69) is 15.5 Å². The van der Waals surface area contributed by atoms with Crippen LogP contribution >= 0.6 is 46.2 Å². The zero-order chi connectivity index (χ0) is 16.1. The van der Waals surface area contributed by atoms with E-state index in [-0.39, 0.29) is 11.2 Å². The van der Waals surface area contributed by atoms with Crippen LogP contribution in [0.25, 0.3) is 0 Å². The molecular formula is C12H14N4O2S4. The molecule has 0 aliphatic carbocycles. The molecule has 2 aromatic rings. The first-order valence-electron chi connectivity index (χ1n) is 6.32. The summed E-state index contributed by atoms with van der Waals surface area (Å²) in [6.07, 6.45) is 0. The molecule has 1 atom stereocenters. The Labute approximate surface area is 144 Å². The van der Waals surface area contributed by atoms with Crippen molar-refractivity contribution in [3.8, 4) is 0 Å². The van der Waals surface area contributed by atoms with Gasteiger partial charge in [-0.05, 0) is 24.1 Å². The number of rotatable bonds is 7. The van der Waals surface area contributed by atoms with Gasteiger partial charge < -0.3 is 11.1 Å². The molecule has 3 N–H and O–H groups in total. The van der Waals surface area contributed by atoms with E-state index in [4.69, 9.17) is 5.73 Å². The van der Waals surface area contributed by atoms with Gasteiger partial charge in [0.1, 0.15) is 5.00 Å². The molecule has 0 aromatic carbocycles. The molecule has 2 rings (SSSR count). The van der Waals surface area contributed by atoms with Crippen molar-refractivity contribution < 1.29 is 9.59 Å². The molecule has 0 saturated carbocycles. The van der Waals surface area contributed by atoms with Gasteiger partial charge in [0.05, 0.1) is 10.8 Å². The van der Waals surface area contributed by atoms with Gasteiger partial charge in [0.2, 0.25) is 5.91 Å². The van der Waals surface area contributed by atoms with Crippen LogP contribution in [-0.2, 0) is 4.79 Å². The lowest BCUT2D eigenvalue weighted by atomic mass is 10.3. The summed E-state index contributed by atoms with van der Waals surface area (Å²) >= 11 is 5.71. The van der Waals surface area contributed by atoms with Crippen molar-refractivity contribution in [2.45, 2.75) is 27.8 Å². The average Bonchev–Trinajstić information content (AvgIpc) is 3.08. The minimum atomic E-state index is -0.554. The lowest BCUT2D eigenvalue weighted by molar-refractivity contribution is -0.115. The van der Waals surface area contributed by atoms with Crippen molar-refractivity contribution in [2.24, 2.45) is 5.73 Å². The second-order valence-electron chi connectivity index (χ2n) is 4.04. The molecule has 10 heteroatoms. The van der Waals surface area contributed by atoms with Gasteiger partial charge in [-0.15, -0.1) is 21.5 Å². The number of thiophene rings is 1. The van der Waals surface area contributed by atoms with Gasteiger partial charge in [-0.2, -0.15) is 0 Å². The molecule has 2 heterocycles. The van der Waals surface area contributed by atoms with Crippen LogP contribution in [0.5, 0.6) is 0 Å². The summed E-state index contributed by atoms with van der Waals surface area (Å²) < 4.78 is 1.65. The van der Waals surface area contributed by atoms with Crippen molar-refractivity contribution >= 4 is 63.0 Å². The Morgan fingerprint density at radius 2 is 2.14 bits per heavy atom.